The van der Waals surface area contributed by atoms with Gasteiger partial charge in [0.25, 0.3) is 5.91 Å². The van der Waals surface area contributed by atoms with Gasteiger partial charge in [0.1, 0.15) is 5.54 Å². The van der Waals surface area contributed by atoms with Crippen molar-refractivity contribution >= 4 is 34.3 Å². The highest BCUT2D eigenvalue weighted by Crippen LogP contribution is 2.42. The van der Waals surface area contributed by atoms with Crippen molar-refractivity contribution in [3.63, 3.8) is 0 Å². The predicted molar refractivity (Wildman–Crippen MR) is 108 cm³/mol. The second-order valence-electron chi connectivity index (χ2n) is 8.37. The van der Waals surface area contributed by atoms with Gasteiger partial charge in [-0.05, 0) is 57.6 Å². The van der Waals surface area contributed by atoms with E-state index >= 15 is 0 Å². The first kappa shape index (κ1) is 17.9. The number of piperidine rings is 1. The number of amides is 2. The summed E-state index contributed by atoms with van der Waals surface area (Å²) in [6.07, 6.45) is 5.57. The number of benzene rings is 1. The topological polar surface area (TPSA) is 53.5 Å². The van der Waals surface area contributed by atoms with Crippen LogP contribution in [-0.2, 0) is 4.79 Å². The molecule has 1 atom stereocenters. The van der Waals surface area contributed by atoms with Gasteiger partial charge >= 0.3 is 0 Å². The predicted octanol–water partition coefficient (Wildman–Crippen LogP) is 3.96. The number of carbonyl (C=O) groups excluding carboxylic acids is 2. The summed E-state index contributed by atoms with van der Waals surface area (Å²) in [6, 6.07) is 7.76. The first-order valence-electron chi connectivity index (χ1n) is 10.2. The molecule has 0 bridgehead atoms. The Balaban J connectivity index is 1.57. The van der Waals surface area contributed by atoms with Crippen LogP contribution in [0.1, 0.15) is 54.6 Å². The fourth-order valence-electron chi connectivity index (χ4n) is 5.07. The molecule has 0 N–H and O–H groups in total. The molecule has 1 aliphatic carbocycles. The van der Waals surface area contributed by atoms with E-state index in [0.29, 0.717) is 28.7 Å². The van der Waals surface area contributed by atoms with Crippen molar-refractivity contribution in [2.24, 2.45) is 0 Å². The lowest BCUT2D eigenvalue weighted by Gasteiger charge is -2.45. The summed E-state index contributed by atoms with van der Waals surface area (Å²) >= 11 is 6.34. The maximum Gasteiger partial charge on any atom is 0.255 e. The summed E-state index contributed by atoms with van der Waals surface area (Å²) in [5.41, 5.74) is 1.34. The Morgan fingerprint density at radius 1 is 1.21 bits per heavy atom. The molecule has 3 heterocycles. The van der Waals surface area contributed by atoms with Crippen molar-refractivity contribution in [3.8, 4) is 0 Å². The maximum atomic E-state index is 13.7. The molecule has 1 unspecified atom stereocenters. The molecular formula is C22H24ClN3O2. The lowest BCUT2D eigenvalue weighted by molar-refractivity contribution is -0.146. The summed E-state index contributed by atoms with van der Waals surface area (Å²) in [4.78, 5) is 35.6. The van der Waals surface area contributed by atoms with Crippen molar-refractivity contribution < 1.29 is 9.59 Å². The third-order valence-corrected chi connectivity index (χ3v) is 6.82. The summed E-state index contributed by atoms with van der Waals surface area (Å²) < 4.78 is 0. The summed E-state index contributed by atoms with van der Waals surface area (Å²) in [5.74, 6) is 0.0986. The summed E-state index contributed by atoms with van der Waals surface area (Å²) in [6.45, 7) is 3.34. The molecule has 2 aromatic rings. The summed E-state index contributed by atoms with van der Waals surface area (Å²) in [7, 11) is 0. The number of nitrogens with zero attached hydrogens (tertiary/aromatic N) is 3. The van der Waals surface area contributed by atoms with Crippen LogP contribution in [0.4, 0.5) is 0 Å². The number of carbonyl (C=O) groups is 2. The number of hydrogen-bond acceptors (Lipinski definition) is 3. The highest BCUT2D eigenvalue weighted by atomic mass is 35.5. The fourth-order valence-corrected chi connectivity index (χ4v) is 5.29. The molecule has 146 valence electrons. The van der Waals surface area contributed by atoms with Gasteiger partial charge in [-0.2, -0.15) is 0 Å². The largest absolute Gasteiger partial charge is 0.338 e. The van der Waals surface area contributed by atoms with Crippen molar-refractivity contribution in [2.45, 2.75) is 57.0 Å². The zero-order chi connectivity index (χ0) is 19.5. The van der Waals surface area contributed by atoms with Crippen molar-refractivity contribution in [1.29, 1.82) is 0 Å². The molecule has 3 fully saturated rings. The molecule has 5 nitrogen and oxygen atoms in total. The van der Waals surface area contributed by atoms with E-state index in [9.17, 15) is 9.59 Å². The number of hydrogen-bond donors (Lipinski definition) is 0. The van der Waals surface area contributed by atoms with Crippen LogP contribution < -0.4 is 0 Å². The lowest BCUT2D eigenvalue weighted by atomic mass is 9.84. The molecular weight excluding hydrogens is 374 g/mol. The van der Waals surface area contributed by atoms with Crippen molar-refractivity contribution in [2.75, 3.05) is 13.1 Å². The van der Waals surface area contributed by atoms with E-state index in [1.165, 1.54) is 0 Å². The van der Waals surface area contributed by atoms with E-state index in [4.69, 9.17) is 11.6 Å². The number of aryl methyl sites for hydroxylation is 1. The van der Waals surface area contributed by atoms with Crippen LogP contribution in [0.3, 0.4) is 0 Å². The van der Waals surface area contributed by atoms with Crippen molar-refractivity contribution in [1.82, 2.24) is 14.8 Å². The van der Waals surface area contributed by atoms with E-state index in [2.05, 4.69) is 4.98 Å². The third-order valence-electron chi connectivity index (χ3n) is 6.52. The number of fused-ring (bicyclic) bond motifs is 1. The average molecular weight is 398 g/mol. The minimum absolute atomic E-state index is 0.0683. The standard InChI is InChI=1S/C22H24ClN3O2/c1-14-13-17(16-5-2-6-18(23)19(16)24-14)20(27)26-12-4-10-22(26)9-3-11-25(21(22)28)15-7-8-15/h2,5-6,13,15H,3-4,7-12H2,1H3. The minimum Gasteiger partial charge on any atom is -0.338 e. The first-order chi connectivity index (χ1) is 13.5. The molecule has 2 aliphatic heterocycles. The molecule has 0 radical (unpaired) electrons. The molecule has 3 aliphatic rings. The van der Waals surface area contributed by atoms with Crippen LogP contribution in [0.2, 0.25) is 5.02 Å². The minimum atomic E-state index is -0.667. The van der Waals surface area contributed by atoms with Crippen LogP contribution in [0.25, 0.3) is 10.9 Å². The SMILES string of the molecule is Cc1cc(C(=O)N2CCCC23CCCN(C2CC2)C3=O)c2cccc(Cl)c2n1. The van der Waals surface area contributed by atoms with Gasteiger partial charge < -0.3 is 9.80 Å². The quantitative estimate of drug-likeness (QED) is 0.770. The molecule has 2 amide bonds. The van der Waals surface area contributed by atoms with Gasteiger partial charge in [0, 0.05) is 30.2 Å². The molecule has 1 aromatic heterocycles. The molecule has 5 rings (SSSR count). The normalized spacial score (nSPS) is 25.1. The van der Waals surface area contributed by atoms with Crippen LogP contribution in [0, 0.1) is 6.92 Å². The van der Waals surface area contributed by atoms with Gasteiger partial charge in [0.05, 0.1) is 16.1 Å². The van der Waals surface area contributed by atoms with E-state index in [1.54, 1.807) is 6.07 Å². The van der Waals surface area contributed by atoms with Crippen molar-refractivity contribution in [3.05, 3.63) is 40.5 Å². The van der Waals surface area contributed by atoms with Gasteiger partial charge in [-0.15, -0.1) is 0 Å². The van der Waals surface area contributed by atoms with Gasteiger partial charge in [0.15, 0.2) is 0 Å². The van der Waals surface area contributed by atoms with Crippen LogP contribution in [0.5, 0.6) is 0 Å². The highest BCUT2D eigenvalue weighted by molar-refractivity contribution is 6.35. The Morgan fingerprint density at radius 3 is 2.71 bits per heavy atom. The van der Waals surface area contributed by atoms with Gasteiger partial charge in [0.2, 0.25) is 5.91 Å². The smallest absolute Gasteiger partial charge is 0.255 e. The highest BCUT2D eigenvalue weighted by Gasteiger charge is 2.54. The zero-order valence-electron chi connectivity index (χ0n) is 16.1. The molecule has 1 saturated carbocycles. The maximum absolute atomic E-state index is 13.7. The molecule has 28 heavy (non-hydrogen) atoms. The van der Waals surface area contributed by atoms with Crippen LogP contribution >= 0.6 is 11.6 Å². The average Bonchev–Trinajstić information content (AvgIpc) is 3.44. The Labute approximate surface area is 169 Å². The van der Waals surface area contributed by atoms with Gasteiger partial charge in [-0.1, -0.05) is 23.7 Å². The molecule has 1 spiro atoms. The Bertz CT molecular complexity index is 987. The fraction of sp³-hybridized carbons (Fsp3) is 0.500. The van der Waals surface area contributed by atoms with Crippen LogP contribution in [-0.4, -0.2) is 51.3 Å². The lowest BCUT2D eigenvalue weighted by Crippen LogP contribution is -2.61. The van der Waals surface area contributed by atoms with Crippen LogP contribution in [0.15, 0.2) is 24.3 Å². The molecule has 6 heteroatoms. The summed E-state index contributed by atoms with van der Waals surface area (Å²) in [5, 5.41) is 1.30. The number of rotatable bonds is 2. The Kier molecular flexibility index (Phi) is 4.13. The van der Waals surface area contributed by atoms with Gasteiger partial charge in [-0.3, -0.25) is 14.6 Å². The Morgan fingerprint density at radius 2 is 1.96 bits per heavy atom. The third kappa shape index (κ3) is 2.63. The van der Waals surface area contributed by atoms with E-state index in [0.717, 1.165) is 56.1 Å². The Hall–Kier alpha value is -2.14. The second kappa shape index (κ2) is 6.45. The first-order valence-corrected chi connectivity index (χ1v) is 10.6. The van der Waals surface area contributed by atoms with E-state index < -0.39 is 5.54 Å². The number of pyridine rings is 1. The van der Waals surface area contributed by atoms with Gasteiger partial charge in [-0.25, -0.2) is 0 Å². The number of likely N-dealkylation sites (tertiary alicyclic amines) is 2. The monoisotopic (exact) mass is 397 g/mol. The number of aromatic nitrogens is 1. The molecule has 1 aromatic carbocycles. The second-order valence-corrected chi connectivity index (χ2v) is 8.78. The molecule has 2 saturated heterocycles. The number of halogens is 1. The van der Waals surface area contributed by atoms with E-state index in [1.807, 2.05) is 34.9 Å². The van der Waals surface area contributed by atoms with E-state index in [-0.39, 0.29) is 11.8 Å². The zero-order valence-corrected chi connectivity index (χ0v) is 16.8. The number of para-hydroxylation sites is 1.